The lowest BCUT2D eigenvalue weighted by Gasteiger charge is -2.17. The Morgan fingerprint density at radius 1 is 1.29 bits per heavy atom. The van der Waals surface area contributed by atoms with Crippen molar-refractivity contribution in [3.63, 3.8) is 0 Å². The van der Waals surface area contributed by atoms with Gasteiger partial charge in [0.25, 0.3) is 0 Å². The highest BCUT2D eigenvalue weighted by atomic mass is 35.5. The van der Waals surface area contributed by atoms with Crippen molar-refractivity contribution in [1.82, 2.24) is 5.32 Å². The average Bonchev–Trinajstić information content (AvgIpc) is 3.08. The molecule has 0 spiro atoms. The van der Waals surface area contributed by atoms with E-state index >= 15 is 0 Å². The van der Waals surface area contributed by atoms with Gasteiger partial charge >= 0.3 is 0 Å². The highest BCUT2D eigenvalue weighted by molar-refractivity contribution is 7.09. The van der Waals surface area contributed by atoms with E-state index in [0.29, 0.717) is 6.42 Å². The van der Waals surface area contributed by atoms with Crippen molar-refractivity contribution in [3.05, 3.63) is 57.8 Å². The molecule has 21 heavy (non-hydrogen) atoms. The van der Waals surface area contributed by atoms with Crippen molar-refractivity contribution in [1.29, 1.82) is 0 Å². The topological polar surface area (TPSA) is 29.1 Å². The van der Waals surface area contributed by atoms with Crippen molar-refractivity contribution in [2.75, 3.05) is 0 Å². The number of benzene rings is 1. The Balaban J connectivity index is 1.53. The van der Waals surface area contributed by atoms with Gasteiger partial charge in [0.05, 0.1) is 11.4 Å². The number of carbonyl (C=O) groups is 1. The standard InChI is InChI=1S/C17H18ClNOS/c18-15-11-12-5-1-2-8-14(12)17(15)19-16(20)9-3-6-13-7-4-10-21-13/h1-2,4-5,7-8,10,15,17H,3,6,9,11H2,(H,19,20). The number of rotatable bonds is 5. The maximum absolute atomic E-state index is 12.1. The van der Waals surface area contributed by atoms with Crippen LogP contribution in [0.15, 0.2) is 41.8 Å². The summed E-state index contributed by atoms with van der Waals surface area (Å²) in [4.78, 5) is 13.5. The first kappa shape index (κ1) is 14.6. The smallest absolute Gasteiger partial charge is 0.220 e. The molecule has 4 heteroatoms. The van der Waals surface area contributed by atoms with E-state index in [1.54, 1.807) is 11.3 Å². The molecule has 0 saturated carbocycles. The number of nitrogens with one attached hydrogen (secondary N) is 1. The zero-order valence-electron chi connectivity index (χ0n) is 11.7. The highest BCUT2D eigenvalue weighted by Gasteiger charge is 2.31. The van der Waals surface area contributed by atoms with E-state index in [4.69, 9.17) is 11.6 Å². The monoisotopic (exact) mass is 319 g/mol. The van der Waals surface area contributed by atoms with Crippen LogP contribution in [0.4, 0.5) is 0 Å². The van der Waals surface area contributed by atoms with Crippen LogP contribution < -0.4 is 5.32 Å². The Morgan fingerprint density at radius 2 is 2.14 bits per heavy atom. The van der Waals surface area contributed by atoms with Crippen LogP contribution in [0.1, 0.15) is 34.9 Å². The summed E-state index contributed by atoms with van der Waals surface area (Å²) in [5.41, 5.74) is 2.42. The zero-order chi connectivity index (χ0) is 14.7. The van der Waals surface area contributed by atoms with Gasteiger partial charge in [-0.05, 0) is 41.8 Å². The van der Waals surface area contributed by atoms with Gasteiger partial charge in [0, 0.05) is 11.3 Å². The SMILES string of the molecule is O=C(CCCc1cccs1)NC1c2ccccc2CC1Cl. The predicted octanol–water partition coefficient (Wildman–Crippen LogP) is 4.09. The molecule has 1 N–H and O–H groups in total. The molecule has 0 fully saturated rings. The molecule has 3 rings (SSSR count). The second-order valence-corrected chi connectivity index (χ2v) is 6.99. The number of alkyl halides is 1. The second kappa shape index (κ2) is 6.63. The Hall–Kier alpha value is -1.32. The molecule has 2 aromatic rings. The van der Waals surface area contributed by atoms with Crippen LogP contribution in [0.25, 0.3) is 0 Å². The number of hydrogen-bond donors (Lipinski definition) is 1. The van der Waals surface area contributed by atoms with E-state index in [1.165, 1.54) is 16.0 Å². The highest BCUT2D eigenvalue weighted by Crippen LogP contribution is 2.34. The van der Waals surface area contributed by atoms with Crippen molar-refractivity contribution >= 4 is 28.8 Å². The summed E-state index contributed by atoms with van der Waals surface area (Å²) in [6, 6.07) is 12.3. The molecule has 2 nitrogen and oxygen atoms in total. The molecule has 1 aliphatic rings. The molecule has 1 aliphatic carbocycles. The molecule has 0 aliphatic heterocycles. The molecule has 0 saturated heterocycles. The lowest BCUT2D eigenvalue weighted by molar-refractivity contribution is -0.121. The Bertz CT molecular complexity index is 611. The summed E-state index contributed by atoms with van der Waals surface area (Å²) in [6.07, 6.45) is 3.24. The van der Waals surface area contributed by atoms with E-state index < -0.39 is 0 Å². The van der Waals surface area contributed by atoms with Gasteiger partial charge in [0.2, 0.25) is 5.91 Å². The van der Waals surface area contributed by atoms with Crippen LogP contribution in [0.5, 0.6) is 0 Å². The van der Waals surface area contributed by atoms with Crippen LogP contribution >= 0.6 is 22.9 Å². The summed E-state index contributed by atoms with van der Waals surface area (Å²) in [6.45, 7) is 0. The lowest BCUT2D eigenvalue weighted by atomic mass is 10.1. The molecule has 0 radical (unpaired) electrons. The average molecular weight is 320 g/mol. The fourth-order valence-electron chi connectivity index (χ4n) is 2.84. The molecule has 1 heterocycles. The number of amides is 1. The van der Waals surface area contributed by atoms with Crippen molar-refractivity contribution in [3.8, 4) is 0 Å². The van der Waals surface area contributed by atoms with Gasteiger partial charge in [-0.1, -0.05) is 30.3 Å². The maximum atomic E-state index is 12.1. The normalized spacial score (nSPS) is 20.2. The number of fused-ring (bicyclic) bond motifs is 1. The number of carbonyl (C=O) groups excluding carboxylic acids is 1. The van der Waals surface area contributed by atoms with Gasteiger partial charge in [-0.15, -0.1) is 22.9 Å². The molecule has 1 amide bonds. The molecular weight excluding hydrogens is 302 g/mol. The van der Waals surface area contributed by atoms with E-state index in [2.05, 4.69) is 28.9 Å². The van der Waals surface area contributed by atoms with E-state index in [0.717, 1.165) is 19.3 Å². The molecule has 110 valence electrons. The third-order valence-electron chi connectivity index (χ3n) is 3.89. The minimum atomic E-state index is -0.0443. The lowest BCUT2D eigenvalue weighted by Crippen LogP contribution is -2.31. The minimum Gasteiger partial charge on any atom is -0.348 e. The third kappa shape index (κ3) is 3.47. The van der Waals surface area contributed by atoms with E-state index in [9.17, 15) is 4.79 Å². The Labute approximate surface area is 134 Å². The Morgan fingerprint density at radius 3 is 2.95 bits per heavy atom. The summed E-state index contributed by atoms with van der Waals surface area (Å²) in [5.74, 6) is 0.0962. The van der Waals surface area contributed by atoms with Crippen LogP contribution in [-0.2, 0) is 17.6 Å². The van der Waals surface area contributed by atoms with E-state index in [1.807, 2.05) is 18.2 Å². The van der Waals surface area contributed by atoms with Crippen molar-refractivity contribution in [2.24, 2.45) is 0 Å². The molecule has 1 aromatic carbocycles. The van der Waals surface area contributed by atoms with Gasteiger partial charge in [0.15, 0.2) is 0 Å². The van der Waals surface area contributed by atoms with Gasteiger partial charge < -0.3 is 5.32 Å². The molecular formula is C17H18ClNOS. The van der Waals surface area contributed by atoms with Gasteiger partial charge in [-0.3, -0.25) is 4.79 Å². The first-order chi connectivity index (χ1) is 10.2. The first-order valence-corrected chi connectivity index (χ1v) is 8.59. The fourth-order valence-corrected chi connectivity index (χ4v) is 3.95. The number of halogens is 1. The molecule has 2 unspecified atom stereocenters. The second-order valence-electron chi connectivity index (χ2n) is 5.40. The summed E-state index contributed by atoms with van der Waals surface area (Å²) in [5, 5.41) is 5.13. The molecule has 0 bridgehead atoms. The van der Waals surface area contributed by atoms with Gasteiger partial charge in [0.1, 0.15) is 0 Å². The molecule has 2 atom stereocenters. The number of hydrogen-bond acceptors (Lipinski definition) is 2. The third-order valence-corrected chi connectivity index (χ3v) is 5.23. The van der Waals surface area contributed by atoms with Gasteiger partial charge in [-0.25, -0.2) is 0 Å². The number of thiophene rings is 1. The first-order valence-electron chi connectivity index (χ1n) is 7.27. The summed E-state index contributed by atoms with van der Waals surface area (Å²) in [7, 11) is 0. The number of aryl methyl sites for hydroxylation is 1. The zero-order valence-corrected chi connectivity index (χ0v) is 13.3. The Kier molecular flexibility index (Phi) is 4.61. The van der Waals surface area contributed by atoms with Crippen LogP contribution in [0.3, 0.4) is 0 Å². The van der Waals surface area contributed by atoms with Crippen LogP contribution in [0.2, 0.25) is 0 Å². The van der Waals surface area contributed by atoms with Crippen molar-refractivity contribution < 1.29 is 4.79 Å². The predicted molar refractivity (Wildman–Crippen MR) is 87.9 cm³/mol. The largest absolute Gasteiger partial charge is 0.348 e. The quantitative estimate of drug-likeness (QED) is 0.826. The summed E-state index contributed by atoms with van der Waals surface area (Å²) < 4.78 is 0. The van der Waals surface area contributed by atoms with Gasteiger partial charge in [-0.2, -0.15) is 0 Å². The summed E-state index contributed by atoms with van der Waals surface area (Å²) >= 11 is 8.14. The fraction of sp³-hybridized carbons (Fsp3) is 0.353. The maximum Gasteiger partial charge on any atom is 0.220 e. The van der Waals surface area contributed by atoms with Crippen molar-refractivity contribution in [2.45, 2.75) is 37.1 Å². The minimum absolute atomic E-state index is 0.0383. The molecule has 1 aromatic heterocycles. The van der Waals surface area contributed by atoms with Crippen LogP contribution in [0, 0.1) is 0 Å². The van der Waals surface area contributed by atoms with Crippen LogP contribution in [-0.4, -0.2) is 11.3 Å². The van der Waals surface area contributed by atoms with E-state index in [-0.39, 0.29) is 17.3 Å².